The van der Waals surface area contributed by atoms with Gasteiger partial charge in [0.1, 0.15) is 5.75 Å². The van der Waals surface area contributed by atoms with Crippen LogP contribution in [0.5, 0.6) is 5.75 Å². The van der Waals surface area contributed by atoms with Crippen LogP contribution in [0.3, 0.4) is 0 Å². The number of rotatable bonds is 7. The molecule has 3 aromatic rings. The molecule has 7 heteroatoms. The number of hydrogen-bond acceptors (Lipinski definition) is 3. The summed E-state index contributed by atoms with van der Waals surface area (Å²) in [5, 5.41) is 7.42. The maximum atomic E-state index is 12.9. The number of carbonyl (C=O) groups excluding carboxylic acids is 1. The number of aryl methyl sites for hydroxylation is 1. The third-order valence-corrected chi connectivity index (χ3v) is 4.71. The van der Waals surface area contributed by atoms with Gasteiger partial charge in [0.05, 0.1) is 23.8 Å². The van der Waals surface area contributed by atoms with E-state index in [0.29, 0.717) is 23.4 Å². The Morgan fingerprint density at radius 2 is 1.86 bits per heavy atom. The van der Waals surface area contributed by atoms with Crippen molar-refractivity contribution < 1.29 is 18.3 Å². The first-order chi connectivity index (χ1) is 13.8. The van der Waals surface area contributed by atoms with Crippen LogP contribution < -0.4 is 10.1 Å². The van der Waals surface area contributed by atoms with Crippen LogP contribution in [0.1, 0.15) is 45.8 Å². The Balaban J connectivity index is 1.75. The predicted octanol–water partition coefficient (Wildman–Crippen LogP) is 4.64. The second-order valence-electron chi connectivity index (χ2n) is 6.84. The smallest absolute Gasteiger partial charge is 0.387 e. The molecule has 5 nitrogen and oxygen atoms in total. The van der Waals surface area contributed by atoms with Crippen molar-refractivity contribution in [2.24, 2.45) is 0 Å². The second-order valence-corrected chi connectivity index (χ2v) is 6.84. The van der Waals surface area contributed by atoms with Crippen molar-refractivity contribution in [3.8, 4) is 5.75 Å². The van der Waals surface area contributed by atoms with E-state index in [9.17, 15) is 13.6 Å². The molecule has 0 fully saturated rings. The maximum Gasteiger partial charge on any atom is 0.387 e. The van der Waals surface area contributed by atoms with Crippen molar-refractivity contribution in [1.82, 2.24) is 15.1 Å². The van der Waals surface area contributed by atoms with Crippen LogP contribution in [0, 0.1) is 13.8 Å². The van der Waals surface area contributed by atoms with Crippen LogP contribution in [-0.2, 0) is 6.54 Å². The van der Waals surface area contributed by atoms with Crippen LogP contribution in [0.4, 0.5) is 8.78 Å². The molecule has 0 aliphatic heterocycles. The fourth-order valence-electron chi connectivity index (χ4n) is 3.25. The van der Waals surface area contributed by atoms with E-state index in [4.69, 9.17) is 0 Å². The third kappa shape index (κ3) is 4.99. The Kier molecular flexibility index (Phi) is 6.26. The number of nitrogens with zero attached hydrogens (tertiary/aromatic N) is 2. The summed E-state index contributed by atoms with van der Waals surface area (Å²) in [7, 11) is 0. The average molecular weight is 399 g/mol. The minimum Gasteiger partial charge on any atom is -0.435 e. The van der Waals surface area contributed by atoms with Crippen LogP contribution in [0.15, 0.2) is 54.6 Å². The SMILES string of the molecule is Cc1nn(Cc2ccccc2)c(C)c1C(=O)NC(C)c1cccc(OC(F)F)c1. The highest BCUT2D eigenvalue weighted by atomic mass is 19.3. The van der Waals surface area contributed by atoms with Crippen molar-refractivity contribution in [2.45, 2.75) is 40.0 Å². The van der Waals surface area contributed by atoms with E-state index < -0.39 is 6.61 Å². The molecule has 1 heterocycles. The monoisotopic (exact) mass is 399 g/mol. The number of aromatic nitrogens is 2. The van der Waals surface area contributed by atoms with E-state index >= 15 is 0 Å². The van der Waals surface area contributed by atoms with Crippen LogP contribution >= 0.6 is 0 Å². The summed E-state index contributed by atoms with van der Waals surface area (Å²) in [6, 6.07) is 15.8. The quantitative estimate of drug-likeness (QED) is 0.630. The number of carbonyl (C=O) groups is 1. The van der Waals surface area contributed by atoms with E-state index in [1.54, 1.807) is 30.7 Å². The van der Waals surface area contributed by atoms with Crippen molar-refractivity contribution >= 4 is 5.91 Å². The Morgan fingerprint density at radius 3 is 2.55 bits per heavy atom. The van der Waals surface area contributed by atoms with Gasteiger partial charge in [0.25, 0.3) is 5.91 Å². The zero-order valence-electron chi connectivity index (χ0n) is 16.5. The molecule has 0 saturated heterocycles. The fraction of sp³-hybridized carbons (Fsp3) is 0.273. The Hall–Kier alpha value is -3.22. The van der Waals surface area contributed by atoms with Crippen LogP contribution in [-0.4, -0.2) is 22.3 Å². The van der Waals surface area contributed by atoms with E-state index in [-0.39, 0.29) is 17.7 Å². The van der Waals surface area contributed by atoms with Crippen molar-refractivity contribution in [1.29, 1.82) is 0 Å². The van der Waals surface area contributed by atoms with Crippen molar-refractivity contribution in [3.63, 3.8) is 0 Å². The molecule has 3 rings (SSSR count). The second kappa shape index (κ2) is 8.86. The van der Waals surface area contributed by atoms with E-state index in [2.05, 4.69) is 15.2 Å². The average Bonchev–Trinajstić information content (AvgIpc) is 2.95. The van der Waals surface area contributed by atoms with Gasteiger partial charge in [-0.05, 0) is 44.0 Å². The van der Waals surface area contributed by atoms with Gasteiger partial charge in [-0.25, -0.2) is 0 Å². The fourth-order valence-corrected chi connectivity index (χ4v) is 3.25. The number of halogens is 2. The normalized spacial score (nSPS) is 12.1. The van der Waals surface area contributed by atoms with Crippen molar-refractivity contribution in [2.75, 3.05) is 0 Å². The summed E-state index contributed by atoms with van der Waals surface area (Å²) >= 11 is 0. The lowest BCUT2D eigenvalue weighted by Crippen LogP contribution is -2.27. The van der Waals surface area contributed by atoms with Gasteiger partial charge in [-0.15, -0.1) is 0 Å². The number of alkyl halides is 2. The summed E-state index contributed by atoms with van der Waals surface area (Å²) < 4.78 is 31.1. The summed E-state index contributed by atoms with van der Waals surface area (Å²) in [6.45, 7) is 3.13. The summed E-state index contributed by atoms with van der Waals surface area (Å²) in [4.78, 5) is 12.9. The van der Waals surface area contributed by atoms with Gasteiger partial charge in [-0.2, -0.15) is 13.9 Å². The zero-order chi connectivity index (χ0) is 21.0. The van der Waals surface area contributed by atoms with Gasteiger partial charge in [-0.1, -0.05) is 42.5 Å². The van der Waals surface area contributed by atoms with E-state index in [1.165, 1.54) is 12.1 Å². The van der Waals surface area contributed by atoms with Gasteiger partial charge in [0.15, 0.2) is 0 Å². The first-order valence-corrected chi connectivity index (χ1v) is 9.28. The van der Waals surface area contributed by atoms with Gasteiger partial charge in [0.2, 0.25) is 0 Å². The third-order valence-electron chi connectivity index (χ3n) is 4.71. The molecule has 1 aromatic heterocycles. The highest BCUT2D eigenvalue weighted by Gasteiger charge is 2.21. The lowest BCUT2D eigenvalue weighted by Gasteiger charge is -2.16. The molecule has 0 saturated carbocycles. The molecule has 0 spiro atoms. The first-order valence-electron chi connectivity index (χ1n) is 9.28. The Morgan fingerprint density at radius 1 is 1.14 bits per heavy atom. The molecule has 1 atom stereocenters. The summed E-state index contributed by atoms with van der Waals surface area (Å²) in [5.74, 6) is -0.200. The van der Waals surface area contributed by atoms with Crippen LogP contribution in [0.2, 0.25) is 0 Å². The van der Waals surface area contributed by atoms with Gasteiger partial charge in [-0.3, -0.25) is 9.48 Å². The topological polar surface area (TPSA) is 56.2 Å². The molecule has 0 aliphatic carbocycles. The minimum absolute atomic E-state index is 0.0571. The zero-order valence-corrected chi connectivity index (χ0v) is 16.5. The minimum atomic E-state index is -2.89. The van der Waals surface area contributed by atoms with Gasteiger partial charge in [0, 0.05) is 5.69 Å². The predicted molar refractivity (Wildman–Crippen MR) is 106 cm³/mol. The summed E-state index contributed by atoms with van der Waals surface area (Å²) in [6.07, 6.45) is 0. The molecular formula is C22H23F2N3O2. The van der Waals surface area contributed by atoms with Gasteiger partial charge >= 0.3 is 6.61 Å². The Bertz CT molecular complexity index is 987. The number of benzene rings is 2. The van der Waals surface area contributed by atoms with Gasteiger partial charge < -0.3 is 10.1 Å². The largest absolute Gasteiger partial charge is 0.435 e. The molecule has 2 aromatic carbocycles. The highest BCUT2D eigenvalue weighted by Crippen LogP contribution is 2.22. The summed E-state index contributed by atoms with van der Waals surface area (Å²) in [5.41, 5.74) is 3.69. The molecule has 0 bridgehead atoms. The molecule has 1 amide bonds. The lowest BCUT2D eigenvalue weighted by atomic mass is 10.1. The van der Waals surface area contributed by atoms with E-state index in [1.807, 2.05) is 37.3 Å². The molecule has 0 radical (unpaired) electrons. The standard InChI is InChI=1S/C22H23F2N3O2/c1-14(18-10-7-11-19(12-18)29-22(23)24)25-21(28)20-15(2)26-27(16(20)3)13-17-8-5-4-6-9-17/h4-12,14,22H,13H2,1-3H3,(H,25,28). The van der Waals surface area contributed by atoms with E-state index in [0.717, 1.165) is 11.3 Å². The molecule has 152 valence electrons. The molecule has 29 heavy (non-hydrogen) atoms. The number of nitrogens with one attached hydrogen (secondary N) is 1. The lowest BCUT2D eigenvalue weighted by molar-refractivity contribution is -0.0499. The number of amides is 1. The molecule has 0 aliphatic rings. The molecule has 1 N–H and O–H groups in total. The Labute approximate surface area is 168 Å². The molecule has 1 unspecified atom stereocenters. The molecular weight excluding hydrogens is 376 g/mol. The first kappa shape index (κ1) is 20.5. The number of hydrogen-bond donors (Lipinski definition) is 1. The highest BCUT2D eigenvalue weighted by molar-refractivity contribution is 5.96. The number of ether oxygens (including phenoxy) is 1. The maximum absolute atomic E-state index is 12.9. The van der Waals surface area contributed by atoms with Crippen molar-refractivity contribution in [3.05, 3.63) is 82.7 Å². The van der Waals surface area contributed by atoms with Crippen LogP contribution in [0.25, 0.3) is 0 Å².